The van der Waals surface area contributed by atoms with Gasteiger partial charge >= 0.3 is 0 Å². The number of carbonyl (C=O) groups is 1. The molecule has 0 aromatic carbocycles. The Labute approximate surface area is 129 Å². The predicted molar refractivity (Wildman–Crippen MR) is 84.6 cm³/mol. The zero-order valence-corrected chi connectivity index (χ0v) is 13.2. The first-order valence-electron chi connectivity index (χ1n) is 7.86. The zero-order valence-electron chi connectivity index (χ0n) is 13.2. The van der Waals surface area contributed by atoms with E-state index in [2.05, 4.69) is 20.0 Å². The van der Waals surface area contributed by atoms with E-state index in [4.69, 9.17) is 0 Å². The van der Waals surface area contributed by atoms with E-state index in [0.717, 1.165) is 55.9 Å². The van der Waals surface area contributed by atoms with Crippen LogP contribution in [0.2, 0.25) is 0 Å². The third-order valence-electron chi connectivity index (χ3n) is 4.12. The van der Waals surface area contributed by atoms with Gasteiger partial charge in [0.1, 0.15) is 12.1 Å². The third kappa shape index (κ3) is 2.75. The number of aromatic nitrogens is 4. The minimum absolute atomic E-state index is 0.263. The van der Waals surface area contributed by atoms with Gasteiger partial charge in [0, 0.05) is 39.6 Å². The summed E-state index contributed by atoms with van der Waals surface area (Å²) in [5.74, 6) is 1.18. The molecule has 1 saturated heterocycles. The first kappa shape index (κ1) is 14.7. The summed E-state index contributed by atoms with van der Waals surface area (Å²) in [7, 11) is 1.88. The van der Waals surface area contributed by atoms with Crippen molar-refractivity contribution in [1.82, 2.24) is 24.6 Å². The first-order chi connectivity index (χ1) is 10.7. The number of aryl methyl sites for hydroxylation is 1. The van der Waals surface area contributed by atoms with Crippen molar-refractivity contribution in [3.63, 3.8) is 0 Å². The number of amides is 1. The second kappa shape index (κ2) is 6.29. The maximum atomic E-state index is 12.1. The van der Waals surface area contributed by atoms with Crippen LogP contribution in [-0.2, 0) is 11.8 Å². The summed E-state index contributed by atoms with van der Waals surface area (Å²) in [6, 6.07) is 0. The van der Waals surface area contributed by atoms with Crippen molar-refractivity contribution >= 4 is 22.8 Å². The van der Waals surface area contributed by atoms with E-state index in [1.54, 1.807) is 11.0 Å². The van der Waals surface area contributed by atoms with Gasteiger partial charge in [0.25, 0.3) is 0 Å². The molecule has 1 aliphatic rings. The van der Waals surface area contributed by atoms with Gasteiger partial charge in [0.05, 0.1) is 11.6 Å². The lowest BCUT2D eigenvalue weighted by molar-refractivity contribution is -0.131. The fraction of sp³-hybridized carbons (Fsp3) is 0.600. The molecule has 118 valence electrons. The lowest BCUT2D eigenvalue weighted by atomic mass is 10.3. The Hall–Kier alpha value is -2.18. The predicted octanol–water partition coefficient (Wildman–Crippen LogP) is 1.20. The fourth-order valence-corrected chi connectivity index (χ4v) is 2.95. The molecule has 7 heteroatoms. The van der Waals surface area contributed by atoms with Crippen molar-refractivity contribution < 1.29 is 4.79 Å². The Bertz CT molecular complexity index is 667. The Balaban J connectivity index is 1.79. The molecule has 0 aliphatic carbocycles. The first-order valence-corrected chi connectivity index (χ1v) is 7.86. The van der Waals surface area contributed by atoms with E-state index in [9.17, 15) is 4.79 Å². The van der Waals surface area contributed by atoms with Crippen LogP contribution in [0.3, 0.4) is 0 Å². The summed E-state index contributed by atoms with van der Waals surface area (Å²) in [6.07, 6.45) is 5.91. The molecule has 0 spiro atoms. The van der Waals surface area contributed by atoms with Gasteiger partial charge in [-0.1, -0.05) is 6.92 Å². The van der Waals surface area contributed by atoms with Gasteiger partial charge in [-0.3, -0.25) is 9.48 Å². The van der Waals surface area contributed by atoms with Crippen LogP contribution in [0, 0.1) is 0 Å². The van der Waals surface area contributed by atoms with Crippen LogP contribution in [-0.4, -0.2) is 56.7 Å². The molecule has 0 atom stereocenters. The number of hydrogen-bond acceptors (Lipinski definition) is 5. The van der Waals surface area contributed by atoms with Gasteiger partial charge in [-0.25, -0.2) is 9.97 Å². The van der Waals surface area contributed by atoms with Gasteiger partial charge in [0.2, 0.25) is 5.91 Å². The van der Waals surface area contributed by atoms with E-state index in [-0.39, 0.29) is 5.91 Å². The SMILES string of the molecule is CCCC(=O)N1CCCN(c2ncnc3c2cnn3C)CC1. The van der Waals surface area contributed by atoms with Gasteiger partial charge in [-0.2, -0.15) is 5.10 Å². The molecule has 3 heterocycles. The van der Waals surface area contributed by atoms with Crippen molar-refractivity contribution in [2.75, 3.05) is 31.1 Å². The molecule has 0 saturated carbocycles. The largest absolute Gasteiger partial charge is 0.354 e. The zero-order chi connectivity index (χ0) is 15.5. The average molecular weight is 302 g/mol. The van der Waals surface area contributed by atoms with E-state index in [0.29, 0.717) is 6.42 Å². The standard InChI is InChI=1S/C15H22N6O/c1-3-5-13(22)20-6-4-7-21(9-8-20)15-12-10-18-19(2)14(12)16-11-17-15/h10-11H,3-9H2,1-2H3. The highest BCUT2D eigenvalue weighted by Gasteiger charge is 2.21. The molecule has 7 nitrogen and oxygen atoms in total. The highest BCUT2D eigenvalue weighted by Crippen LogP contribution is 2.23. The monoisotopic (exact) mass is 302 g/mol. The Morgan fingerprint density at radius 2 is 2.09 bits per heavy atom. The molecule has 1 fully saturated rings. The van der Waals surface area contributed by atoms with Crippen molar-refractivity contribution in [1.29, 1.82) is 0 Å². The van der Waals surface area contributed by atoms with E-state index in [1.165, 1.54) is 0 Å². The molecule has 2 aromatic rings. The maximum absolute atomic E-state index is 12.1. The van der Waals surface area contributed by atoms with Crippen LogP contribution in [0.15, 0.2) is 12.5 Å². The molecule has 0 bridgehead atoms. The van der Waals surface area contributed by atoms with Crippen LogP contribution in [0.25, 0.3) is 11.0 Å². The molecule has 1 amide bonds. The summed E-state index contributed by atoms with van der Waals surface area (Å²) in [5.41, 5.74) is 0.841. The van der Waals surface area contributed by atoms with Crippen molar-refractivity contribution in [3.8, 4) is 0 Å². The number of anilines is 1. The molecule has 0 radical (unpaired) electrons. The number of carbonyl (C=O) groups excluding carboxylic acids is 1. The molecule has 3 rings (SSSR count). The molecule has 22 heavy (non-hydrogen) atoms. The molecular formula is C15H22N6O. The quantitative estimate of drug-likeness (QED) is 0.852. The fourth-order valence-electron chi connectivity index (χ4n) is 2.95. The van der Waals surface area contributed by atoms with Crippen LogP contribution in [0.1, 0.15) is 26.2 Å². The average Bonchev–Trinajstić information content (AvgIpc) is 2.75. The number of hydrogen-bond donors (Lipinski definition) is 0. The van der Waals surface area contributed by atoms with Gasteiger partial charge < -0.3 is 9.80 Å². The van der Waals surface area contributed by atoms with Gasteiger partial charge in [-0.15, -0.1) is 0 Å². The van der Waals surface area contributed by atoms with Crippen molar-refractivity contribution in [3.05, 3.63) is 12.5 Å². The number of nitrogens with zero attached hydrogens (tertiary/aromatic N) is 6. The Kier molecular flexibility index (Phi) is 4.22. The van der Waals surface area contributed by atoms with E-state index in [1.807, 2.05) is 25.1 Å². The number of fused-ring (bicyclic) bond motifs is 1. The Morgan fingerprint density at radius 3 is 2.91 bits per heavy atom. The summed E-state index contributed by atoms with van der Waals surface area (Å²) >= 11 is 0. The minimum Gasteiger partial charge on any atom is -0.354 e. The molecule has 2 aromatic heterocycles. The normalized spacial score (nSPS) is 16.1. The summed E-state index contributed by atoms with van der Waals surface area (Å²) in [4.78, 5) is 25.0. The molecule has 0 N–H and O–H groups in total. The molecule has 1 aliphatic heterocycles. The third-order valence-corrected chi connectivity index (χ3v) is 4.12. The highest BCUT2D eigenvalue weighted by molar-refractivity contribution is 5.86. The summed E-state index contributed by atoms with van der Waals surface area (Å²) in [5, 5.41) is 5.24. The van der Waals surface area contributed by atoms with Gasteiger partial charge in [-0.05, 0) is 12.8 Å². The van der Waals surface area contributed by atoms with Crippen LogP contribution >= 0.6 is 0 Å². The summed E-state index contributed by atoms with van der Waals surface area (Å²) < 4.78 is 1.76. The van der Waals surface area contributed by atoms with Crippen LogP contribution in [0.4, 0.5) is 5.82 Å². The van der Waals surface area contributed by atoms with Crippen molar-refractivity contribution in [2.24, 2.45) is 7.05 Å². The highest BCUT2D eigenvalue weighted by atomic mass is 16.2. The van der Waals surface area contributed by atoms with Crippen molar-refractivity contribution in [2.45, 2.75) is 26.2 Å². The molecule has 0 unspecified atom stereocenters. The van der Waals surface area contributed by atoms with Gasteiger partial charge in [0.15, 0.2) is 5.65 Å². The summed E-state index contributed by atoms with van der Waals surface area (Å²) in [6.45, 7) is 5.33. The smallest absolute Gasteiger partial charge is 0.222 e. The van der Waals surface area contributed by atoms with E-state index >= 15 is 0 Å². The lowest BCUT2D eigenvalue weighted by Crippen LogP contribution is -2.35. The number of rotatable bonds is 3. The van der Waals surface area contributed by atoms with E-state index < -0.39 is 0 Å². The van der Waals surface area contributed by atoms with Crippen LogP contribution < -0.4 is 4.90 Å². The second-order valence-corrected chi connectivity index (χ2v) is 5.67. The van der Waals surface area contributed by atoms with Crippen LogP contribution in [0.5, 0.6) is 0 Å². The second-order valence-electron chi connectivity index (χ2n) is 5.67. The topological polar surface area (TPSA) is 67.2 Å². The minimum atomic E-state index is 0.263. The molecular weight excluding hydrogens is 280 g/mol. The Morgan fingerprint density at radius 1 is 1.23 bits per heavy atom. The maximum Gasteiger partial charge on any atom is 0.222 e. The lowest BCUT2D eigenvalue weighted by Gasteiger charge is -2.23.